The van der Waals surface area contributed by atoms with Crippen molar-refractivity contribution in [1.29, 1.82) is 0 Å². The van der Waals surface area contributed by atoms with Crippen molar-refractivity contribution in [2.75, 3.05) is 39.3 Å². The molecule has 1 atom stereocenters. The Kier molecular flexibility index (Phi) is 4.17. The number of amides is 1. The van der Waals surface area contributed by atoms with Gasteiger partial charge in [-0.05, 0) is 31.2 Å². The van der Waals surface area contributed by atoms with E-state index in [0.717, 1.165) is 44.7 Å². The Morgan fingerprint density at radius 2 is 1.90 bits per heavy atom. The summed E-state index contributed by atoms with van der Waals surface area (Å²) in [6.45, 7) is 5.00. The van der Waals surface area contributed by atoms with Crippen molar-refractivity contribution >= 4 is 5.91 Å². The molecule has 1 aromatic rings. The summed E-state index contributed by atoms with van der Waals surface area (Å²) in [5, 5.41) is 3.34. The van der Waals surface area contributed by atoms with Crippen molar-refractivity contribution in [1.82, 2.24) is 15.1 Å². The number of nitrogens with one attached hydrogen (secondary N) is 1. The third kappa shape index (κ3) is 3.06. The summed E-state index contributed by atoms with van der Waals surface area (Å²) in [4.78, 5) is 16.4. The molecule has 21 heavy (non-hydrogen) atoms. The smallest absolute Gasteiger partial charge is 0.254 e. The predicted octanol–water partition coefficient (Wildman–Crippen LogP) is 1.08. The Labute approximate surface area is 122 Å². The summed E-state index contributed by atoms with van der Waals surface area (Å²) in [7, 11) is 0. The van der Waals surface area contributed by atoms with Gasteiger partial charge in [0.1, 0.15) is 0 Å². The van der Waals surface area contributed by atoms with E-state index < -0.39 is 11.6 Å². The van der Waals surface area contributed by atoms with Gasteiger partial charge in [0, 0.05) is 44.3 Å². The first-order chi connectivity index (χ1) is 10.1. The van der Waals surface area contributed by atoms with E-state index in [0.29, 0.717) is 19.1 Å². The number of carbonyl (C=O) groups excluding carboxylic acids is 1. The van der Waals surface area contributed by atoms with Crippen LogP contribution in [0.15, 0.2) is 18.2 Å². The second-order valence-corrected chi connectivity index (χ2v) is 5.60. The van der Waals surface area contributed by atoms with E-state index in [4.69, 9.17) is 0 Å². The van der Waals surface area contributed by atoms with Gasteiger partial charge in [-0.25, -0.2) is 8.78 Å². The molecule has 0 spiro atoms. The van der Waals surface area contributed by atoms with Crippen molar-refractivity contribution in [3.8, 4) is 0 Å². The number of benzene rings is 1. The summed E-state index contributed by atoms with van der Waals surface area (Å²) in [6, 6.07) is 3.88. The maximum absolute atomic E-state index is 13.2. The average molecular weight is 295 g/mol. The third-order valence-electron chi connectivity index (χ3n) is 4.32. The van der Waals surface area contributed by atoms with Crippen LogP contribution in [0.2, 0.25) is 0 Å². The molecule has 6 heteroatoms. The molecule has 1 aromatic carbocycles. The zero-order valence-corrected chi connectivity index (χ0v) is 11.8. The lowest BCUT2D eigenvalue weighted by Crippen LogP contribution is -2.52. The van der Waals surface area contributed by atoms with Gasteiger partial charge in [0.05, 0.1) is 0 Å². The number of hydrogen-bond donors (Lipinski definition) is 1. The number of carbonyl (C=O) groups is 1. The van der Waals surface area contributed by atoms with E-state index in [2.05, 4.69) is 10.2 Å². The highest BCUT2D eigenvalue weighted by molar-refractivity contribution is 5.94. The summed E-state index contributed by atoms with van der Waals surface area (Å²) in [5.41, 5.74) is 0.213. The second kappa shape index (κ2) is 6.07. The molecule has 4 nitrogen and oxygen atoms in total. The first kappa shape index (κ1) is 14.4. The lowest BCUT2D eigenvalue weighted by atomic mass is 10.1. The predicted molar refractivity (Wildman–Crippen MR) is 75.1 cm³/mol. The maximum Gasteiger partial charge on any atom is 0.254 e. The fourth-order valence-electron chi connectivity index (χ4n) is 3.05. The fraction of sp³-hybridized carbons (Fsp3) is 0.533. The van der Waals surface area contributed by atoms with Crippen LogP contribution in [0.3, 0.4) is 0 Å². The van der Waals surface area contributed by atoms with Crippen molar-refractivity contribution in [3.63, 3.8) is 0 Å². The van der Waals surface area contributed by atoms with Crippen molar-refractivity contribution in [3.05, 3.63) is 35.4 Å². The number of rotatable bonds is 2. The lowest BCUT2D eigenvalue weighted by Gasteiger charge is -2.37. The molecule has 1 amide bonds. The lowest BCUT2D eigenvalue weighted by molar-refractivity contribution is 0.0583. The summed E-state index contributed by atoms with van der Waals surface area (Å²) in [5.74, 6) is -2.13. The Bertz CT molecular complexity index is 524. The Balaban J connectivity index is 1.60. The number of hydrogen-bond acceptors (Lipinski definition) is 3. The van der Waals surface area contributed by atoms with Gasteiger partial charge in [0.25, 0.3) is 5.91 Å². The van der Waals surface area contributed by atoms with Crippen molar-refractivity contribution < 1.29 is 13.6 Å². The third-order valence-corrected chi connectivity index (χ3v) is 4.32. The largest absolute Gasteiger partial charge is 0.336 e. The Hall–Kier alpha value is -1.53. The van der Waals surface area contributed by atoms with E-state index in [1.165, 1.54) is 6.07 Å². The van der Waals surface area contributed by atoms with E-state index in [1.807, 2.05) is 0 Å². The molecule has 0 unspecified atom stereocenters. The van der Waals surface area contributed by atoms with Crippen molar-refractivity contribution in [2.45, 2.75) is 12.5 Å². The van der Waals surface area contributed by atoms with E-state index >= 15 is 0 Å². The highest BCUT2D eigenvalue weighted by Crippen LogP contribution is 2.15. The van der Waals surface area contributed by atoms with Gasteiger partial charge in [-0.1, -0.05) is 0 Å². The molecule has 0 aliphatic carbocycles. The van der Waals surface area contributed by atoms with Gasteiger partial charge in [0.15, 0.2) is 11.6 Å². The number of nitrogens with zero attached hydrogens (tertiary/aromatic N) is 2. The quantitative estimate of drug-likeness (QED) is 0.887. The maximum atomic E-state index is 13.2. The number of halogens is 2. The van der Waals surface area contributed by atoms with E-state index in [-0.39, 0.29) is 11.5 Å². The molecule has 0 bridgehead atoms. The van der Waals surface area contributed by atoms with Crippen LogP contribution in [0.5, 0.6) is 0 Å². The molecule has 2 fully saturated rings. The van der Waals surface area contributed by atoms with Crippen LogP contribution >= 0.6 is 0 Å². The second-order valence-electron chi connectivity index (χ2n) is 5.60. The minimum absolute atomic E-state index is 0.213. The van der Waals surface area contributed by atoms with Crippen LogP contribution in [0.1, 0.15) is 16.8 Å². The minimum Gasteiger partial charge on any atom is -0.336 e. The van der Waals surface area contributed by atoms with E-state index in [9.17, 15) is 13.6 Å². The monoisotopic (exact) mass is 295 g/mol. The molecule has 114 valence electrons. The topological polar surface area (TPSA) is 35.6 Å². The first-order valence-corrected chi connectivity index (χ1v) is 7.34. The molecule has 3 rings (SSSR count). The van der Waals surface area contributed by atoms with Crippen LogP contribution in [0.4, 0.5) is 8.78 Å². The van der Waals surface area contributed by atoms with Crippen LogP contribution in [-0.4, -0.2) is 61.0 Å². The average Bonchev–Trinajstić information content (AvgIpc) is 3.04. The summed E-state index contributed by atoms with van der Waals surface area (Å²) < 4.78 is 26.1. The van der Waals surface area contributed by atoms with Gasteiger partial charge in [-0.15, -0.1) is 0 Å². The van der Waals surface area contributed by atoms with Crippen molar-refractivity contribution in [2.24, 2.45) is 0 Å². The zero-order valence-electron chi connectivity index (χ0n) is 11.8. The SMILES string of the molecule is O=C(c1ccc(F)c(F)c1)N1CCN([C@H]2CCNC2)CC1. The normalized spacial score (nSPS) is 23.5. The molecular formula is C15H19F2N3O. The molecule has 2 saturated heterocycles. The van der Waals surface area contributed by atoms with Crippen LogP contribution in [0, 0.1) is 11.6 Å². The standard InChI is InChI=1S/C15H19F2N3O/c16-13-2-1-11(9-14(13)17)15(21)20-7-5-19(6-8-20)12-3-4-18-10-12/h1-2,9,12,18H,3-8,10H2/t12-/m0/s1. The van der Waals surface area contributed by atoms with Crippen LogP contribution < -0.4 is 5.32 Å². The molecule has 2 aliphatic heterocycles. The Morgan fingerprint density at radius 1 is 1.14 bits per heavy atom. The highest BCUT2D eigenvalue weighted by atomic mass is 19.2. The molecule has 1 N–H and O–H groups in total. The molecule has 0 aromatic heterocycles. The fourth-order valence-corrected chi connectivity index (χ4v) is 3.05. The minimum atomic E-state index is -0.975. The van der Waals surface area contributed by atoms with Crippen LogP contribution in [0.25, 0.3) is 0 Å². The van der Waals surface area contributed by atoms with Gasteiger partial charge >= 0.3 is 0 Å². The summed E-state index contributed by atoms with van der Waals surface area (Å²) in [6.07, 6.45) is 1.15. The van der Waals surface area contributed by atoms with Gasteiger partial charge < -0.3 is 10.2 Å². The molecule has 2 heterocycles. The highest BCUT2D eigenvalue weighted by Gasteiger charge is 2.28. The molecular weight excluding hydrogens is 276 g/mol. The molecule has 0 saturated carbocycles. The van der Waals surface area contributed by atoms with Gasteiger partial charge in [-0.2, -0.15) is 0 Å². The Morgan fingerprint density at radius 3 is 2.52 bits per heavy atom. The first-order valence-electron chi connectivity index (χ1n) is 7.34. The van der Waals surface area contributed by atoms with Crippen LogP contribution in [-0.2, 0) is 0 Å². The van der Waals surface area contributed by atoms with Gasteiger partial charge in [0.2, 0.25) is 0 Å². The zero-order chi connectivity index (χ0) is 14.8. The molecule has 0 radical (unpaired) electrons. The van der Waals surface area contributed by atoms with E-state index in [1.54, 1.807) is 4.90 Å². The summed E-state index contributed by atoms with van der Waals surface area (Å²) >= 11 is 0. The molecule has 2 aliphatic rings. The van der Waals surface area contributed by atoms with Gasteiger partial charge in [-0.3, -0.25) is 9.69 Å². The number of piperazine rings is 1.